The van der Waals surface area contributed by atoms with Crippen molar-refractivity contribution in [1.82, 2.24) is 0 Å². The summed E-state index contributed by atoms with van der Waals surface area (Å²) in [7, 11) is 0. The number of aliphatic hydroxyl groups excluding tert-OH is 2. The van der Waals surface area contributed by atoms with Gasteiger partial charge in [0.25, 0.3) is 0 Å². The minimum atomic E-state index is -0.643. The van der Waals surface area contributed by atoms with Crippen LogP contribution in [0.15, 0.2) is 77.4 Å². The van der Waals surface area contributed by atoms with Crippen LogP contribution in [0.3, 0.4) is 0 Å². The Morgan fingerprint density at radius 3 is 2.63 bits per heavy atom. The molecular weight excluding hydrogens is 432 g/mol. The monoisotopic (exact) mass is 476 g/mol. The van der Waals surface area contributed by atoms with Crippen molar-refractivity contribution in [2.45, 2.75) is 102 Å². The van der Waals surface area contributed by atoms with Gasteiger partial charge in [-0.3, -0.25) is 0 Å². The zero-order valence-electron chi connectivity index (χ0n) is 21.8. The molecule has 0 aliphatic heterocycles. The van der Waals surface area contributed by atoms with Crippen LogP contribution in [0.2, 0.25) is 0 Å². The number of rotatable bonds is 7. The van der Waals surface area contributed by atoms with Crippen molar-refractivity contribution in [1.29, 1.82) is 0 Å². The number of allylic oxidation sites excluding steroid dienone is 5. The van der Waals surface area contributed by atoms with E-state index in [2.05, 4.69) is 62.1 Å². The molecule has 5 atom stereocenters. The van der Waals surface area contributed by atoms with E-state index in [-0.39, 0.29) is 5.41 Å². The SMILES string of the molecule is C=C1/C(=C\C=C2/CCC[C@]3(C)C([C@H](CCCC(C)(C)O)c4ccccc4)=CC[C@@H]23)C[C@@H](O)C[C@@H]1O. The fraction of sp³-hybridized carbons (Fsp3) is 0.562. The molecule has 0 amide bonds. The third kappa shape index (κ3) is 5.90. The van der Waals surface area contributed by atoms with Gasteiger partial charge >= 0.3 is 0 Å². The van der Waals surface area contributed by atoms with E-state index in [1.54, 1.807) is 5.57 Å². The van der Waals surface area contributed by atoms with Crippen LogP contribution < -0.4 is 0 Å². The second kappa shape index (κ2) is 10.6. The van der Waals surface area contributed by atoms with Crippen LogP contribution in [0.4, 0.5) is 0 Å². The molecule has 1 aromatic carbocycles. The molecule has 3 N–H and O–H groups in total. The minimum Gasteiger partial charge on any atom is -0.393 e. The minimum absolute atomic E-state index is 0.139. The van der Waals surface area contributed by atoms with Gasteiger partial charge < -0.3 is 15.3 Å². The van der Waals surface area contributed by atoms with E-state index in [1.165, 1.54) is 24.0 Å². The molecule has 0 radical (unpaired) electrons. The molecule has 3 heteroatoms. The average molecular weight is 477 g/mol. The summed E-state index contributed by atoms with van der Waals surface area (Å²) in [5, 5.41) is 30.7. The average Bonchev–Trinajstić information content (AvgIpc) is 3.15. The van der Waals surface area contributed by atoms with Gasteiger partial charge in [-0.1, -0.05) is 73.2 Å². The summed E-state index contributed by atoms with van der Waals surface area (Å²) in [4.78, 5) is 0. The van der Waals surface area contributed by atoms with Crippen molar-refractivity contribution in [3.05, 3.63) is 83.0 Å². The van der Waals surface area contributed by atoms with Crippen LogP contribution >= 0.6 is 0 Å². The standard InChI is InChI=1S/C32H44O3/c1-22-25(20-26(33)21-30(22)34)15-14-24-12-8-19-32(4)28(24)16-17-29(32)27(13-9-18-31(2,3)35)23-10-6-5-7-11-23/h5-7,10-11,14-15,17,26-28,30,33-35H,1,8-9,12-13,16,18-21H2,2-4H3/b24-14+,25-15-/t26-,27-,28+,30+,32+/m1/s1. The highest BCUT2D eigenvalue weighted by Gasteiger charge is 2.47. The van der Waals surface area contributed by atoms with E-state index in [0.29, 0.717) is 24.7 Å². The molecule has 3 nitrogen and oxygen atoms in total. The second-order valence-corrected chi connectivity index (χ2v) is 12.0. The van der Waals surface area contributed by atoms with Crippen molar-refractivity contribution in [3.8, 4) is 0 Å². The molecule has 35 heavy (non-hydrogen) atoms. The lowest BCUT2D eigenvalue weighted by molar-refractivity contribution is 0.0676. The van der Waals surface area contributed by atoms with Gasteiger partial charge in [-0.25, -0.2) is 0 Å². The van der Waals surface area contributed by atoms with Gasteiger partial charge in [-0.2, -0.15) is 0 Å². The van der Waals surface area contributed by atoms with E-state index in [1.807, 2.05) is 13.8 Å². The maximum absolute atomic E-state index is 10.3. The molecule has 3 aliphatic rings. The highest BCUT2D eigenvalue weighted by Crippen LogP contribution is 2.58. The topological polar surface area (TPSA) is 60.7 Å². The molecule has 0 bridgehead atoms. The van der Waals surface area contributed by atoms with E-state index < -0.39 is 17.8 Å². The molecule has 0 saturated heterocycles. The first-order valence-corrected chi connectivity index (χ1v) is 13.5. The van der Waals surface area contributed by atoms with Gasteiger partial charge in [0.15, 0.2) is 0 Å². The summed E-state index contributed by atoms with van der Waals surface area (Å²) in [6.07, 6.45) is 14.2. The predicted octanol–water partition coefficient (Wildman–Crippen LogP) is 6.77. The molecule has 0 aromatic heterocycles. The van der Waals surface area contributed by atoms with Crippen LogP contribution in [0.25, 0.3) is 0 Å². The highest BCUT2D eigenvalue weighted by atomic mass is 16.3. The smallest absolute Gasteiger partial charge is 0.0811 e. The molecule has 1 aromatic rings. The van der Waals surface area contributed by atoms with Crippen LogP contribution in [0.5, 0.6) is 0 Å². The van der Waals surface area contributed by atoms with Crippen LogP contribution in [0.1, 0.15) is 90.0 Å². The molecule has 3 aliphatic carbocycles. The summed E-state index contributed by atoms with van der Waals surface area (Å²) < 4.78 is 0. The lowest BCUT2D eigenvalue weighted by Gasteiger charge is -2.43. The normalized spacial score (nSPS) is 32.6. The van der Waals surface area contributed by atoms with E-state index in [9.17, 15) is 15.3 Å². The third-order valence-electron chi connectivity index (χ3n) is 8.73. The van der Waals surface area contributed by atoms with Gasteiger partial charge in [0.05, 0.1) is 17.8 Å². The van der Waals surface area contributed by atoms with Gasteiger partial charge in [0, 0.05) is 12.3 Å². The first-order chi connectivity index (χ1) is 16.6. The maximum atomic E-state index is 10.3. The number of aliphatic hydroxyl groups is 3. The molecule has 0 unspecified atom stereocenters. The number of hydrogen-bond donors (Lipinski definition) is 3. The fourth-order valence-electron chi connectivity index (χ4n) is 6.78. The first kappa shape index (κ1) is 26.1. The Bertz CT molecular complexity index is 993. The van der Waals surface area contributed by atoms with Crippen molar-refractivity contribution in [2.75, 3.05) is 0 Å². The lowest BCUT2D eigenvalue weighted by atomic mass is 9.61. The van der Waals surface area contributed by atoms with Gasteiger partial charge in [0.1, 0.15) is 0 Å². The summed E-state index contributed by atoms with van der Waals surface area (Å²) in [6.45, 7) is 10.4. The maximum Gasteiger partial charge on any atom is 0.0811 e. The Morgan fingerprint density at radius 2 is 1.91 bits per heavy atom. The Morgan fingerprint density at radius 1 is 1.17 bits per heavy atom. The zero-order chi connectivity index (χ0) is 25.2. The summed E-state index contributed by atoms with van der Waals surface area (Å²) in [6, 6.07) is 10.9. The highest BCUT2D eigenvalue weighted by molar-refractivity contribution is 5.42. The second-order valence-electron chi connectivity index (χ2n) is 12.0. The van der Waals surface area contributed by atoms with Crippen molar-refractivity contribution in [3.63, 3.8) is 0 Å². The van der Waals surface area contributed by atoms with Crippen molar-refractivity contribution in [2.24, 2.45) is 11.3 Å². The third-order valence-corrected chi connectivity index (χ3v) is 8.73. The molecule has 0 spiro atoms. The Hall–Kier alpha value is -1.94. The molecule has 190 valence electrons. The molecule has 2 saturated carbocycles. The van der Waals surface area contributed by atoms with Gasteiger partial charge in [0.2, 0.25) is 0 Å². The van der Waals surface area contributed by atoms with Gasteiger partial charge in [-0.05, 0) is 93.3 Å². The summed E-state index contributed by atoms with van der Waals surface area (Å²) >= 11 is 0. The van der Waals surface area contributed by atoms with Crippen LogP contribution in [-0.2, 0) is 0 Å². The number of fused-ring (bicyclic) bond motifs is 1. The first-order valence-electron chi connectivity index (χ1n) is 13.5. The van der Waals surface area contributed by atoms with E-state index in [0.717, 1.165) is 43.3 Å². The van der Waals surface area contributed by atoms with E-state index >= 15 is 0 Å². The molecule has 0 heterocycles. The quantitative estimate of drug-likeness (QED) is 0.381. The van der Waals surface area contributed by atoms with Gasteiger partial charge in [-0.15, -0.1) is 0 Å². The van der Waals surface area contributed by atoms with Crippen LogP contribution in [0, 0.1) is 11.3 Å². The summed E-state index contributed by atoms with van der Waals surface area (Å²) in [5.41, 5.74) is 5.70. The molecule has 2 fully saturated rings. The zero-order valence-corrected chi connectivity index (χ0v) is 21.8. The summed E-state index contributed by atoms with van der Waals surface area (Å²) in [5.74, 6) is 0.880. The van der Waals surface area contributed by atoms with Crippen LogP contribution in [-0.4, -0.2) is 33.1 Å². The Balaban J connectivity index is 1.58. The van der Waals surface area contributed by atoms with E-state index in [4.69, 9.17) is 0 Å². The predicted molar refractivity (Wildman–Crippen MR) is 144 cm³/mol. The largest absolute Gasteiger partial charge is 0.393 e. The Kier molecular flexibility index (Phi) is 7.90. The number of hydrogen-bond acceptors (Lipinski definition) is 3. The number of benzene rings is 1. The fourth-order valence-corrected chi connectivity index (χ4v) is 6.78. The lowest BCUT2D eigenvalue weighted by Crippen LogP contribution is -2.32. The molecule has 4 rings (SSSR count). The Labute approximate surface area is 212 Å². The van der Waals surface area contributed by atoms with Crippen molar-refractivity contribution >= 4 is 0 Å². The molecular formula is C32H44O3. The van der Waals surface area contributed by atoms with Crippen molar-refractivity contribution < 1.29 is 15.3 Å².